The minimum Gasteiger partial charge on any atom is -0.456 e. The molecule has 0 unspecified atom stereocenters. The predicted molar refractivity (Wildman–Crippen MR) is 198 cm³/mol. The first-order valence-electron chi connectivity index (χ1n) is 15.9. The van der Waals surface area contributed by atoms with Gasteiger partial charge in [-0.1, -0.05) is 97.1 Å². The van der Waals surface area contributed by atoms with Crippen LogP contribution in [0.3, 0.4) is 0 Å². The average Bonchev–Trinajstić information content (AvgIpc) is 3.51. The van der Waals surface area contributed by atoms with Gasteiger partial charge in [0.1, 0.15) is 11.2 Å². The van der Waals surface area contributed by atoms with Crippen molar-refractivity contribution in [1.82, 2.24) is 0 Å². The largest absolute Gasteiger partial charge is 0.456 e. The average molecular weight is 603 g/mol. The van der Waals surface area contributed by atoms with Crippen molar-refractivity contribution in [2.75, 3.05) is 9.80 Å². The van der Waals surface area contributed by atoms with Crippen LogP contribution in [-0.2, 0) is 0 Å². The molecular weight excluding hydrogens is 572 g/mol. The van der Waals surface area contributed by atoms with E-state index in [1.807, 2.05) is 12.1 Å². The third-order valence-electron chi connectivity index (χ3n) is 8.98. The van der Waals surface area contributed by atoms with Crippen LogP contribution in [0.2, 0.25) is 0 Å². The topological polar surface area (TPSA) is 19.6 Å². The van der Waals surface area contributed by atoms with Gasteiger partial charge in [0.05, 0.1) is 0 Å². The molecule has 0 saturated carbocycles. The molecule has 47 heavy (non-hydrogen) atoms. The summed E-state index contributed by atoms with van der Waals surface area (Å²) in [6, 6.07) is 64.4. The Labute approximate surface area is 273 Å². The van der Waals surface area contributed by atoms with Crippen LogP contribution < -0.4 is 9.80 Å². The first kappa shape index (κ1) is 27.0. The Balaban J connectivity index is 1.15. The number of fused-ring (bicyclic) bond motifs is 6. The van der Waals surface area contributed by atoms with E-state index >= 15 is 0 Å². The molecule has 0 amide bonds. The molecule has 1 aromatic heterocycles. The summed E-state index contributed by atoms with van der Waals surface area (Å²) in [6.45, 7) is 0. The second-order valence-electron chi connectivity index (χ2n) is 11.8. The molecule has 8 aromatic carbocycles. The number of rotatable bonds is 6. The molecule has 0 aliphatic rings. The van der Waals surface area contributed by atoms with Crippen LogP contribution in [0.15, 0.2) is 186 Å². The molecule has 9 aromatic rings. The Morgan fingerprint density at radius 1 is 0.277 bits per heavy atom. The van der Waals surface area contributed by atoms with Crippen molar-refractivity contribution in [2.45, 2.75) is 0 Å². The minimum absolute atomic E-state index is 0.882. The van der Waals surface area contributed by atoms with Crippen LogP contribution in [0.25, 0.3) is 43.5 Å². The van der Waals surface area contributed by atoms with Crippen LogP contribution in [0.1, 0.15) is 0 Å². The highest BCUT2D eigenvalue weighted by atomic mass is 16.3. The van der Waals surface area contributed by atoms with Crippen LogP contribution in [0.5, 0.6) is 0 Å². The van der Waals surface area contributed by atoms with Crippen molar-refractivity contribution < 1.29 is 4.42 Å². The zero-order valence-electron chi connectivity index (χ0n) is 25.6. The number of hydrogen-bond acceptors (Lipinski definition) is 3. The summed E-state index contributed by atoms with van der Waals surface area (Å²) < 4.78 is 6.29. The molecule has 0 aliphatic carbocycles. The molecule has 0 bridgehead atoms. The molecular formula is C44H30N2O. The van der Waals surface area contributed by atoms with E-state index in [9.17, 15) is 0 Å². The first-order valence-corrected chi connectivity index (χ1v) is 15.9. The van der Waals surface area contributed by atoms with E-state index in [1.165, 1.54) is 21.5 Å². The fourth-order valence-corrected chi connectivity index (χ4v) is 6.80. The van der Waals surface area contributed by atoms with Gasteiger partial charge in [-0.15, -0.1) is 0 Å². The fraction of sp³-hybridized carbons (Fsp3) is 0. The Hall–Kier alpha value is -6.32. The zero-order chi connectivity index (χ0) is 31.2. The quantitative estimate of drug-likeness (QED) is 0.177. The lowest BCUT2D eigenvalue weighted by Gasteiger charge is -2.26. The lowest BCUT2D eigenvalue weighted by atomic mass is 10.00. The van der Waals surface area contributed by atoms with Crippen molar-refractivity contribution in [3.8, 4) is 0 Å². The highest BCUT2D eigenvalue weighted by Crippen LogP contribution is 2.41. The number of hydrogen-bond donors (Lipinski definition) is 0. The van der Waals surface area contributed by atoms with Gasteiger partial charge < -0.3 is 14.2 Å². The maximum atomic E-state index is 6.29. The Morgan fingerprint density at radius 2 is 0.681 bits per heavy atom. The number of benzene rings is 8. The van der Waals surface area contributed by atoms with Crippen LogP contribution in [0, 0.1) is 0 Å². The number of furan rings is 1. The van der Waals surface area contributed by atoms with E-state index in [0.717, 1.165) is 56.1 Å². The van der Waals surface area contributed by atoms with Crippen LogP contribution in [0.4, 0.5) is 34.1 Å². The second-order valence-corrected chi connectivity index (χ2v) is 11.8. The summed E-state index contributed by atoms with van der Waals surface area (Å²) >= 11 is 0. The molecule has 0 radical (unpaired) electrons. The van der Waals surface area contributed by atoms with E-state index in [2.05, 4.69) is 180 Å². The molecule has 0 N–H and O–H groups in total. The first-order chi connectivity index (χ1) is 23.3. The van der Waals surface area contributed by atoms with E-state index in [0.29, 0.717) is 0 Å². The summed E-state index contributed by atoms with van der Waals surface area (Å²) in [6.07, 6.45) is 0. The fourth-order valence-electron chi connectivity index (χ4n) is 6.80. The lowest BCUT2D eigenvalue weighted by Crippen LogP contribution is -2.10. The summed E-state index contributed by atoms with van der Waals surface area (Å²) in [7, 11) is 0. The monoisotopic (exact) mass is 602 g/mol. The standard InChI is InChI=1S/C44H30N2O/c1-4-12-33(13-5-1)45(34-14-6-2-7-15-34)36-22-25-39-31(28-36)20-21-32-29-37(23-26-40(32)39)46(35-16-8-3-9-17-35)38-24-27-42-41-18-10-11-19-43(41)47-44(42)30-38/h1-30H. The molecule has 3 nitrogen and oxygen atoms in total. The van der Waals surface area contributed by atoms with E-state index in [1.54, 1.807) is 0 Å². The van der Waals surface area contributed by atoms with Crippen LogP contribution >= 0.6 is 0 Å². The van der Waals surface area contributed by atoms with Crippen molar-refractivity contribution in [3.05, 3.63) is 182 Å². The second kappa shape index (κ2) is 11.2. The smallest absolute Gasteiger partial charge is 0.137 e. The Morgan fingerprint density at radius 3 is 1.21 bits per heavy atom. The summed E-state index contributed by atoms with van der Waals surface area (Å²) in [5, 5.41) is 7.11. The SMILES string of the molecule is c1ccc(N(c2ccccc2)c2ccc3c(ccc4cc(N(c5ccccc5)c5ccc6c(c5)oc5ccccc56)ccc43)c2)cc1. The molecule has 0 fully saturated rings. The van der Waals surface area contributed by atoms with Crippen molar-refractivity contribution in [3.63, 3.8) is 0 Å². The Kier molecular flexibility index (Phi) is 6.46. The zero-order valence-corrected chi connectivity index (χ0v) is 25.6. The summed E-state index contributed by atoms with van der Waals surface area (Å²) in [5.41, 5.74) is 8.41. The van der Waals surface area contributed by atoms with Gasteiger partial charge in [0.15, 0.2) is 0 Å². The third-order valence-corrected chi connectivity index (χ3v) is 8.98. The molecule has 0 aliphatic heterocycles. The van der Waals surface area contributed by atoms with E-state index in [4.69, 9.17) is 4.42 Å². The van der Waals surface area contributed by atoms with Crippen LogP contribution in [-0.4, -0.2) is 0 Å². The van der Waals surface area contributed by atoms with E-state index in [-0.39, 0.29) is 0 Å². The maximum Gasteiger partial charge on any atom is 0.137 e. The molecule has 3 heteroatoms. The molecule has 222 valence electrons. The summed E-state index contributed by atoms with van der Waals surface area (Å²) in [4.78, 5) is 4.61. The van der Waals surface area contributed by atoms with Crippen molar-refractivity contribution in [2.24, 2.45) is 0 Å². The highest BCUT2D eigenvalue weighted by Gasteiger charge is 2.17. The molecule has 0 spiro atoms. The maximum absolute atomic E-state index is 6.29. The molecule has 0 saturated heterocycles. The van der Waals surface area contributed by atoms with Gasteiger partial charge in [0, 0.05) is 51.0 Å². The van der Waals surface area contributed by atoms with Gasteiger partial charge in [-0.25, -0.2) is 0 Å². The normalized spacial score (nSPS) is 11.4. The molecule has 0 atom stereocenters. The predicted octanol–water partition coefficient (Wildman–Crippen LogP) is 12.8. The molecule has 1 heterocycles. The van der Waals surface area contributed by atoms with Gasteiger partial charge in [0.2, 0.25) is 0 Å². The summed E-state index contributed by atoms with van der Waals surface area (Å²) in [5.74, 6) is 0. The minimum atomic E-state index is 0.882. The van der Waals surface area contributed by atoms with Gasteiger partial charge in [-0.3, -0.25) is 0 Å². The van der Waals surface area contributed by atoms with Gasteiger partial charge in [0.25, 0.3) is 0 Å². The van der Waals surface area contributed by atoms with Gasteiger partial charge in [-0.2, -0.15) is 0 Å². The molecule has 9 rings (SSSR count). The Bertz CT molecular complexity index is 2480. The number of para-hydroxylation sites is 4. The van der Waals surface area contributed by atoms with Gasteiger partial charge in [-0.05, 0) is 100 Å². The lowest BCUT2D eigenvalue weighted by molar-refractivity contribution is 0.669. The number of anilines is 6. The van der Waals surface area contributed by atoms with Crippen molar-refractivity contribution in [1.29, 1.82) is 0 Å². The third kappa shape index (κ3) is 4.77. The number of nitrogens with zero attached hydrogens (tertiary/aromatic N) is 2. The van der Waals surface area contributed by atoms with Crippen molar-refractivity contribution >= 4 is 77.6 Å². The highest BCUT2D eigenvalue weighted by molar-refractivity contribution is 6.10. The van der Waals surface area contributed by atoms with E-state index < -0.39 is 0 Å². The van der Waals surface area contributed by atoms with Gasteiger partial charge >= 0.3 is 0 Å².